The molecule has 1 aliphatic heterocycles. The average molecular weight is 286 g/mol. The fourth-order valence-electron chi connectivity index (χ4n) is 2.31. The highest BCUT2D eigenvalue weighted by atomic mass is 16.5. The number of ether oxygens (including phenoxy) is 1. The van der Waals surface area contributed by atoms with E-state index >= 15 is 0 Å². The first-order valence-electron chi connectivity index (χ1n) is 6.81. The summed E-state index contributed by atoms with van der Waals surface area (Å²) in [6.07, 6.45) is 0.957. The normalized spacial score (nSPS) is 21.8. The number of nitrogens with one attached hydrogen (secondary N) is 1. The number of amides is 2. The first kappa shape index (κ1) is 16.4. The number of hydrogen-bond donors (Lipinski definition) is 2. The van der Waals surface area contributed by atoms with Crippen molar-refractivity contribution in [2.75, 3.05) is 20.2 Å². The van der Waals surface area contributed by atoms with Gasteiger partial charge in [0.05, 0.1) is 6.10 Å². The molecule has 7 heteroatoms. The monoisotopic (exact) mass is 286 g/mol. The van der Waals surface area contributed by atoms with Crippen molar-refractivity contribution in [1.29, 1.82) is 0 Å². The summed E-state index contributed by atoms with van der Waals surface area (Å²) in [5, 5.41) is 11.8. The van der Waals surface area contributed by atoms with Gasteiger partial charge >= 0.3 is 5.97 Å². The molecule has 2 atom stereocenters. The summed E-state index contributed by atoms with van der Waals surface area (Å²) in [5.74, 6) is -1.34. The number of nitrogens with zero attached hydrogens (tertiary/aromatic N) is 1. The first-order chi connectivity index (χ1) is 9.49. The fourth-order valence-corrected chi connectivity index (χ4v) is 2.31. The topological polar surface area (TPSA) is 95.9 Å². The van der Waals surface area contributed by atoms with Crippen LogP contribution in [0.1, 0.15) is 32.6 Å². The van der Waals surface area contributed by atoms with Gasteiger partial charge in [-0.2, -0.15) is 0 Å². The molecule has 7 nitrogen and oxygen atoms in total. The molecule has 2 N–H and O–H groups in total. The molecule has 1 heterocycles. The number of rotatable bonds is 7. The van der Waals surface area contributed by atoms with Crippen LogP contribution in [-0.2, 0) is 19.1 Å². The fraction of sp³-hybridized carbons (Fsp3) is 0.769. The molecule has 0 aliphatic carbocycles. The zero-order chi connectivity index (χ0) is 15.1. The molecule has 1 aliphatic rings. The van der Waals surface area contributed by atoms with Crippen LogP contribution in [0.25, 0.3) is 0 Å². The van der Waals surface area contributed by atoms with E-state index in [1.807, 2.05) is 6.92 Å². The third-order valence-electron chi connectivity index (χ3n) is 3.37. The lowest BCUT2D eigenvalue weighted by Crippen LogP contribution is -2.40. The Morgan fingerprint density at radius 3 is 2.60 bits per heavy atom. The summed E-state index contributed by atoms with van der Waals surface area (Å²) >= 11 is 0. The van der Waals surface area contributed by atoms with Crippen molar-refractivity contribution in [3.63, 3.8) is 0 Å². The van der Waals surface area contributed by atoms with Gasteiger partial charge in [-0.05, 0) is 13.3 Å². The molecule has 20 heavy (non-hydrogen) atoms. The van der Waals surface area contributed by atoms with Gasteiger partial charge in [-0.15, -0.1) is 0 Å². The second kappa shape index (κ2) is 7.84. The van der Waals surface area contributed by atoms with E-state index in [-0.39, 0.29) is 30.8 Å². The van der Waals surface area contributed by atoms with E-state index in [1.54, 1.807) is 0 Å². The highest BCUT2D eigenvalue weighted by Crippen LogP contribution is 2.21. The molecular weight excluding hydrogens is 264 g/mol. The van der Waals surface area contributed by atoms with Crippen LogP contribution in [0.4, 0.5) is 0 Å². The maximum absolute atomic E-state index is 12.0. The van der Waals surface area contributed by atoms with E-state index in [4.69, 9.17) is 9.84 Å². The number of aliphatic carboxylic acids is 1. The summed E-state index contributed by atoms with van der Waals surface area (Å²) in [4.78, 5) is 35.8. The minimum Gasteiger partial charge on any atom is -0.480 e. The number of hydrogen-bond acceptors (Lipinski definition) is 4. The Kier molecular flexibility index (Phi) is 6.44. The van der Waals surface area contributed by atoms with Gasteiger partial charge < -0.3 is 20.1 Å². The van der Waals surface area contributed by atoms with Crippen LogP contribution in [0.15, 0.2) is 0 Å². The summed E-state index contributed by atoms with van der Waals surface area (Å²) in [6.45, 7) is 2.69. The molecule has 2 unspecified atom stereocenters. The van der Waals surface area contributed by atoms with Gasteiger partial charge in [0.25, 0.3) is 0 Å². The van der Waals surface area contributed by atoms with Crippen molar-refractivity contribution >= 4 is 17.8 Å². The Bertz CT molecular complexity index is 372. The van der Waals surface area contributed by atoms with Crippen molar-refractivity contribution in [2.24, 2.45) is 0 Å². The van der Waals surface area contributed by atoms with Crippen LogP contribution in [0.2, 0.25) is 0 Å². The van der Waals surface area contributed by atoms with E-state index in [0.29, 0.717) is 25.9 Å². The molecule has 0 aromatic carbocycles. The molecule has 0 radical (unpaired) electrons. The Morgan fingerprint density at radius 1 is 1.35 bits per heavy atom. The molecule has 1 rings (SSSR count). The highest BCUT2D eigenvalue weighted by molar-refractivity contribution is 5.85. The Labute approximate surface area is 118 Å². The number of carboxylic acids is 1. The van der Waals surface area contributed by atoms with Crippen molar-refractivity contribution in [1.82, 2.24) is 10.2 Å². The van der Waals surface area contributed by atoms with Gasteiger partial charge in [-0.3, -0.25) is 9.59 Å². The number of carboxylic acid groups (broad SMARTS) is 1. The molecule has 0 aromatic heterocycles. The number of carbonyl (C=O) groups is 3. The van der Waals surface area contributed by atoms with Crippen molar-refractivity contribution < 1.29 is 24.2 Å². The van der Waals surface area contributed by atoms with Crippen LogP contribution >= 0.6 is 0 Å². The quantitative estimate of drug-likeness (QED) is 0.686. The third kappa shape index (κ3) is 4.48. The van der Waals surface area contributed by atoms with Gasteiger partial charge in [-0.1, -0.05) is 0 Å². The average Bonchev–Trinajstić information content (AvgIpc) is 2.83. The van der Waals surface area contributed by atoms with E-state index in [2.05, 4.69) is 5.32 Å². The van der Waals surface area contributed by atoms with E-state index in [1.165, 1.54) is 12.0 Å². The van der Waals surface area contributed by atoms with Crippen LogP contribution in [0, 0.1) is 0 Å². The lowest BCUT2D eigenvalue weighted by atomic mass is 10.2. The SMILES string of the molecule is CCNC(=O)CCCC(=O)N1CC(OC)CC1C(=O)O. The summed E-state index contributed by atoms with van der Waals surface area (Å²) in [5.41, 5.74) is 0. The second-order valence-corrected chi connectivity index (χ2v) is 4.80. The maximum Gasteiger partial charge on any atom is 0.326 e. The van der Waals surface area contributed by atoms with Crippen molar-refractivity contribution in [2.45, 2.75) is 44.8 Å². The van der Waals surface area contributed by atoms with E-state index in [9.17, 15) is 14.4 Å². The van der Waals surface area contributed by atoms with Gasteiger partial charge in [0.15, 0.2) is 0 Å². The number of carbonyl (C=O) groups excluding carboxylic acids is 2. The third-order valence-corrected chi connectivity index (χ3v) is 3.37. The zero-order valence-corrected chi connectivity index (χ0v) is 11.9. The van der Waals surface area contributed by atoms with Crippen LogP contribution in [-0.4, -0.2) is 60.1 Å². The molecule has 0 saturated carbocycles. The van der Waals surface area contributed by atoms with Crippen molar-refractivity contribution in [3.05, 3.63) is 0 Å². The Morgan fingerprint density at radius 2 is 2.05 bits per heavy atom. The van der Waals surface area contributed by atoms with Crippen molar-refractivity contribution in [3.8, 4) is 0 Å². The molecule has 1 fully saturated rings. The minimum absolute atomic E-state index is 0.0914. The molecular formula is C13H22N2O5. The molecule has 2 amide bonds. The van der Waals surface area contributed by atoms with Gasteiger partial charge in [0.1, 0.15) is 6.04 Å². The summed E-state index contributed by atoms with van der Waals surface area (Å²) < 4.78 is 5.13. The maximum atomic E-state index is 12.0. The molecule has 114 valence electrons. The Hall–Kier alpha value is -1.63. The largest absolute Gasteiger partial charge is 0.480 e. The standard InChI is InChI=1S/C13H22N2O5/c1-3-14-11(16)5-4-6-12(17)15-8-9(20-2)7-10(15)13(18)19/h9-10H,3-8H2,1-2H3,(H,14,16)(H,18,19). The summed E-state index contributed by atoms with van der Waals surface area (Å²) in [7, 11) is 1.51. The predicted octanol–water partition coefficient (Wildman–Crippen LogP) is -0.00670. The zero-order valence-electron chi connectivity index (χ0n) is 11.9. The van der Waals surface area contributed by atoms with Crippen LogP contribution in [0.5, 0.6) is 0 Å². The smallest absolute Gasteiger partial charge is 0.326 e. The van der Waals surface area contributed by atoms with E-state index in [0.717, 1.165) is 0 Å². The first-order valence-corrected chi connectivity index (χ1v) is 6.81. The second-order valence-electron chi connectivity index (χ2n) is 4.80. The van der Waals surface area contributed by atoms with Crippen LogP contribution in [0.3, 0.4) is 0 Å². The molecule has 0 spiro atoms. The summed E-state index contributed by atoms with van der Waals surface area (Å²) in [6, 6.07) is -0.822. The molecule has 1 saturated heterocycles. The number of methoxy groups -OCH3 is 1. The lowest BCUT2D eigenvalue weighted by Gasteiger charge is -2.21. The lowest BCUT2D eigenvalue weighted by molar-refractivity contribution is -0.148. The van der Waals surface area contributed by atoms with Crippen LogP contribution < -0.4 is 5.32 Å². The van der Waals surface area contributed by atoms with Gasteiger partial charge in [0.2, 0.25) is 11.8 Å². The highest BCUT2D eigenvalue weighted by Gasteiger charge is 2.39. The predicted molar refractivity (Wildman–Crippen MR) is 71.1 cm³/mol. The minimum atomic E-state index is -1.01. The van der Waals surface area contributed by atoms with Gasteiger partial charge in [-0.25, -0.2) is 4.79 Å². The van der Waals surface area contributed by atoms with Gasteiger partial charge in [0, 0.05) is 39.5 Å². The molecule has 0 aromatic rings. The van der Waals surface area contributed by atoms with E-state index < -0.39 is 12.0 Å². The number of likely N-dealkylation sites (tertiary alicyclic amines) is 1. The Balaban J connectivity index is 2.45. The molecule has 0 bridgehead atoms.